The summed E-state index contributed by atoms with van der Waals surface area (Å²) in [6.45, 7) is 1.74. The SMILES string of the molecule is COc1nc(Cl)nc(NC2CCCCC2(C)C(=O)O)n1. The molecule has 1 aliphatic carbocycles. The lowest BCUT2D eigenvalue weighted by Crippen LogP contribution is -2.47. The van der Waals surface area contributed by atoms with Gasteiger partial charge in [0.15, 0.2) is 0 Å². The highest BCUT2D eigenvalue weighted by Crippen LogP contribution is 2.37. The Labute approximate surface area is 121 Å². The fourth-order valence-corrected chi connectivity index (χ4v) is 2.62. The molecule has 20 heavy (non-hydrogen) atoms. The minimum absolute atomic E-state index is 0.00666. The summed E-state index contributed by atoms with van der Waals surface area (Å²) in [5.41, 5.74) is -0.843. The van der Waals surface area contributed by atoms with Gasteiger partial charge in [0.1, 0.15) is 0 Å². The van der Waals surface area contributed by atoms with Gasteiger partial charge >= 0.3 is 12.0 Å². The van der Waals surface area contributed by atoms with Gasteiger partial charge in [0, 0.05) is 6.04 Å². The fourth-order valence-electron chi connectivity index (χ4n) is 2.46. The third kappa shape index (κ3) is 2.92. The Morgan fingerprint density at radius 3 is 2.85 bits per heavy atom. The Balaban J connectivity index is 2.23. The van der Waals surface area contributed by atoms with E-state index in [4.69, 9.17) is 16.3 Å². The van der Waals surface area contributed by atoms with Crippen LogP contribution in [0.4, 0.5) is 5.95 Å². The molecule has 7 nitrogen and oxygen atoms in total. The summed E-state index contributed by atoms with van der Waals surface area (Å²) in [6.07, 6.45) is 3.24. The minimum atomic E-state index is -0.843. The van der Waals surface area contributed by atoms with Crippen LogP contribution in [-0.4, -0.2) is 39.2 Å². The van der Waals surface area contributed by atoms with Crippen LogP contribution in [0.25, 0.3) is 0 Å². The van der Waals surface area contributed by atoms with Crippen LogP contribution in [0.2, 0.25) is 5.28 Å². The van der Waals surface area contributed by atoms with Gasteiger partial charge in [-0.2, -0.15) is 15.0 Å². The molecule has 0 radical (unpaired) electrons. The van der Waals surface area contributed by atoms with Crippen LogP contribution in [0.3, 0.4) is 0 Å². The van der Waals surface area contributed by atoms with Gasteiger partial charge < -0.3 is 15.2 Å². The van der Waals surface area contributed by atoms with Gasteiger partial charge in [-0.25, -0.2) is 0 Å². The highest BCUT2D eigenvalue weighted by atomic mass is 35.5. The van der Waals surface area contributed by atoms with Crippen molar-refractivity contribution in [2.45, 2.75) is 38.6 Å². The fraction of sp³-hybridized carbons (Fsp3) is 0.667. The first-order chi connectivity index (χ1) is 9.45. The molecule has 1 fully saturated rings. The van der Waals surface area contributed by atoms with E-state index >= 15 is 0 Å². The molecule has 1 aromatic heterocycles. The Kier molecular flexibility index (Phi) is 4.27. The molecule has 2 unspecified atom stereocenters. The van der Waals surface area contributed by atoms with Gasteiger partial charge in [-0.1, -0.05) is 12.8 Å². The molecule has 1 aliphatic rings. The summed E-state index contributed by atoms with van der Waals surface area (Å²) in [7, 11) is 1.43. The zero-order valence-electron chi connectivity index (χ0n) is 11.4. The summed E-state index contributed by atoms with van der Waals surface area (Å²) in [4.78, 5) is 23.3. The smallest absolute Gasteiger partial charge is 0.322 e. The van der Waals surface area contributed by atoms with Crippen molar-refractivity contribution >= 4 is 23.5 Å². The highest BCUT2D eigenvalue weighted by Gasteiger charge is 2.43. The molecule has 1 aromatic rings. The molecule has 1 heterocycles. The number of nitrogens with one attached hydrogen (secondary N) is 1. The number of rotatable bonds is 4. The van der Waals surface area contributed by atoms with Crippen molar-refractivity contribution in [1.29, 1.82) is 0 Å². The maximum Gasteiger partial charge on any atom is 0.322 e. The molecule has 1 saturated carbocycles. The minimum Gasteiger partial charge on any atom is -0.481 e. The van der Waals surface area contributed by atoms with Crippen molar-refractivity contribution < 1.29 is 14.6 Å². The first kappa shape index (κ1) is 14.8. The number of halogens is 1. The molecular formula is C12H17ClN4O3. The Morgan fingerprint density at radius 1 is 1.45 bits per heavy atom. The first-order valence-corrected chi connectivity index (χ1v) is 6.79. The number of ether oxygens (including phenoxy) is 1. The summed E-state index contributed by atoms with van der Waals surface area (Å²) < 4.78 is 4.92. The van der Waals surface area contributed by atoms with E-state index in [9.17, 15) is 9.90 Å². The van der Waals surface area contributed by atoms with Crippen LogP contribution in [-0.2, 0) is 4.79 Å². The summed E-state index contributed by atoms with van der Waals surface area (Å²) in [6, 6.07) is -0.155. The lowest BCUT2D eigenvalue weighted by atomic mass is 9.72. The lowest BCUT2D eigenvalue weighted by molar-refractivity contribution is -0.150. The zero-order chi connectivity index (χ0) is 14.8. The average molecular weight is 301 g/mol. The third-order valence-corrected chi connectivity index (χ3v) is 3.94. The van der Waals surface area contributed by atoms with Crippen molar-refractivity contribution in [3.05, 3.63) is 5.28 Å². The molecule has 0 bridgehead atoms. The van der Waals surface area contributed by atoms with E-state index in [1.807, 2.05) is 0 Å². The van der Waals surface area contributed by atoms with Crippen LogP contribution >= 0.6 is 11.6 Å². The number of hydrogen-bond donors (Lipinski definition) is 2. The Morgan fingerprint density at radius 2 is 2.20 bits per heavy atom. The molecule has 0 saturated heterocycles. The van der Waals surface area contributed by atoms with E-state index < -0.39 is 11.4 Å². The molecule has 0 spiro atoms. The van der Waals surface area contributed by atoms with Gasteiger partial charge in [0.25, 0.3) is 0 Å². The van der Waals surface area contributed by atoms with Gasteiger partial charge in [0.05, 0.1) is 12.5 Å². The molecule has 0 amide bonds. The van der Waals surface area contributed by atoms with Crippen LogP contribution in [0, 0.1) is 5.41 Å². The number of aliphatic carboxylic acids is 1. The number of carbonyl (C=O) groups is 1. The average Bonchev–Trinajstić information content (AvgIpc) is 2.40. The number of nitrogens with zero attached hydrogens (tertiary/aromatic N) is 3. The van der Waals surface area contributed by atoms with Gasteiger partial charge in [-0.3, -0.25) is 4.79 Å². The number of methoxy groups -OCH3 is 1. The number of carboxylic acids is 1. The van der Waals surface area contributed by atoms with E-state index in [1.165, 1.54) is 7.11 Å². The van der Waals surface area contributed by atoms with Crippen molar-refractivity contribution in [2.24, 2.45) is 5.41 Å². The standard InChI is InChI=1S/C12H17ClN4O3/c1-12(8(18)19)6-4-3-5-7(12)14-10-15-9(13)16-11(17-10)20-2/h7H,3-6H2,1-2H3,(H,18,19)(H,14,15,16,17). The largest absolute Gasteiger partial charge is 0.481 e. The molecule has 0 aliphatic heterocycles. The van der Waals surface area contributed by atoms with Crippen molar-refractivity contribution in [3.8, 4) is 6.01 Å². The summed E-state index contributed by atoms with van der Waals surface area (Å²) in [5.74, 6) is -0.581. The van der Waals surface area contributed by atoms with E-state index in [2.05, 4.69) is 20.3 Å². The van der Waals surface area contributed by atoms with E-state index in [-0.39, 0.29) is 23.3 Å². The first-order valence-electron chi connectivity index (χ1n) is 6.41. The second-order valence-electron chi connectivity index (χ2n) is 5.08. The second kappa shape index (κ2) is 5.78. The van der Waals surface area contributed by atoms with Crippen molar-refractivity contribution in [2.75, 3.05) is 12.4 Å². The monoisotopic (exact) mass is 300 g/mol. The molecule has 0 aromatic carbocycles. The van der Waals surface area contributed by atoms with E-state index in [0.717, 1.165) is 19.3 Å². The van der Waals surface area contributed by atoms with Crippen LogP contribution in [0.1, 0.15) is 32.6 Å². The van der Waals surface area contributed by atoms with Crippen LogP contribution in [0.15, 0.2) is 0 Å². The van der Waals surface area contributed by atoms with Crippen LogP contribution in [0.5, 0.6) is 6.01 Å². The number of hydrogen-bond acceptors (Lipinski definition) is 6. The number of aromatic nitrogens is 3. The predicted octanol–water partition coefficient (Wildman–Crippen LogP) is 1.98. The van der Waals surface area contributed by atoms with E-state index in [0.29, 0.717) is 6.42 Å². The lowest BCUT2D eigenvalue weighted by Gasteiger charge is -2.38. The molecule has 2 atom stereocenters. The van der Waals surface area contributed by atoms with Gasteiger partial charge in [-0.05, 0) is 31.4 Å². The predicted molar refractivity (Wildman–Crippen MR) is 73.0 cm³/mol. The molecule has 2 N–H and O–H groups in total. The Hall–Kier alpha value is -1.63. The molecule has 110 valence electrons. The molecular weight excluding hydrogens is 284 g/mol. The summed E-state index contributed by atoms with van der Waals surface area (Å²) in [5, 5.41) is 12.5. The van der Waals surface area contributed by atoms with Crippen molar-refractivity contribution in [1.82, 2.24) is 15.0 Å². The van der Waals surface area contributed by atoms with Gasteiger partial charge in [-0.15, -0.1) is 0 Å². The summed E-state index contributed by atoms with van der Waals surface area (Å²) >= 11 is 5.78. The number of carboxylic acid groups (broad SMARTS) is 1. The number of anilines is 1. The second-order valence-corrected chi connectivity index (χ2v) is 5.42. The molecule has 8 heteroatoms. The third-order valence-electron chi connectivity index (χ3n) is 3.77. The van der Waals surface area contributed by atoms with Crippen molar-refractivity contribution in [3.63, 3.8) is 0 Å². The van der Waals surface area contributed by atoms with Gasteiger partial charge in [0.2, 0.25) is 11.2 Å². The highest BCUT2D eigenvalue weighted by molar-refractivity contribution is 6.28. The maximum absolute atomic E-state index is 11.5. The maximum atomic E-state index is 11.5. The Bertz CT molecular complexity index is 513. The zero-order valence-corrected chi connectivity index (χ0v) is 12.1. The van der Waals surface area contributed by atoms with Crippen LogP contribution < -0.4 is 10.1 Å². The molecule has 2 rings (SSSR count). The normalized spacial score (nSPS) is 26.1. The topological polar surface area (TPSA) is 97.2 Å². The van der Waals surface area contributed by atoms with E-state index in [1.54, 1.807) is 6.92 Å². The quantitative estimate of drug-likeness (QED) is 0.877.